The molecule has 2 heterocycles. The standard InChI is InChI=1S/C31H31N5O3S2/c32-19-21-5-7-23(8-6-21)30-34-27(25-3-1-2-4-26(25)29(37)35-31(20-33)13-14-31)28(40-30)22-9-11-24(12-10-22)36-15-17-41(38,39)18-16-36/h5-12,25-26H,1-4,13-18H2,(H,35,37). The highest BCUT2D eigenvalue weighted by molar-refractivity contribution is 7.91. The molecule has 210 valence electrons. The highest BCUT2D eigenvalue weighted by Crippen LogP contribution is 2.46. The number of thiazole rings is 1. The van der Waals surface area contributed by atoms with E-state index in [4.69, 9.17) is 4.98 Å². The second-order valence-corrected chi connectivity index (χ2v) is 14.6. The number of hydrogen-bond acceptors (Lipinski definition) is 8. The SMILES string of the molecule is N#Cc1ccc(-c2nc(C3CCCCC3C(=O)NC3(C#N)CC3)c(-c3ccc(N4CCS(=O)(=O)CC4)cc3)s2)cc1. The lowest BCUT2D eigenvalue weighted by Gasteiger charge is -2.31. The predicted octanol–water partition coefficient (Wildman–Crippen LogP) is 5.03. The molecule has 1 aliphatic heterocycles. The lowest BCUT2D eigenvalue weighted by molar-refractivity contribution is -0.127. The third kappa shape index (κ3) is 5.72. The van der Waals surface area contributed by atoms with Crippen LogP contribution in [0.15, 0.2) is 48.5 Å². The maximum Gasteiger partial charge on any atom is 0.225 e. The van der Waals surface area contributed by atoms with Crippen molar-refractivity contribution in [2.24, 2.45) is 5.92 Å². The number of anilines is 1. The zero-order chi connectivity index (χ0) is 28.6. The quantitative estimate of drug-likeness (QED) is 0.430. The van der Waals surface area contributed by atoms with Crippen LogP contribution in [0.4, 0.5) is 5.69 Å². The van der Waals surface area contributed by atoms with Crippen molar-refractivity contribution in [1.29, 1.82) is 10.5 Å². The van der Waals surface area contributed by atoms with Gasteiger partial charge >= 0.3 is 0 Å². The second kappa shape index (κ2) is 10.9. The zero-order valence-corrected chi connectivity index (χ0v) is 24.3. The Kier molecular flexibility index (Phi) is 7.31. The molecule has 1 amide bonds. The molecule has 0 bridgehead atoms. The Morgan fingerprint density at radius 1 is 0.976 bits per heavy atom. The number of hydrogen-bond donors (Lipinski definition) is 1. The molecule has 0 spiro atoms. The Bertz CT molecular complexity index is 1630. The normalized spacial score (nSPS) is 22.7. The van der Waals surface area contributed by atoms with Crippen LogP contribution >= 0.6 is 11.3 Å². The van der Waals surface area contributed by atoms with Crippen molar-refractivity contribution in [1.82, 2.24) is 10.3 Å². The van der Waals surface area contributed by atoms with Crippen LogP contribution in [0, 0.1) is 28.6 Å². The van der Waals surface area contributed by atoms with E-state index in [0.29, 0.717) is 31.5 Å². The summed E-state index contributed by atoms with van der Waals surface area (Å²) in [5.74, 6) is -0.0368. The van der Waals surface area contributed by atoms with Gasteiger partial charge in [0.05, 0.1) is 39.8 Å². The van der Waals surface area contributed by atoms with Gasteiger partial charge in [-0.15, -0.1) is 11.3 Å². The number of benzene rings is 2. The minimum Gasteiger partial charge on any atom is -0.369 e. The fourth-order valence-corrected chi connectivity index (χ4v) is 8.23. The molecular weight excluding hydrogens is 555 g/mol. The average Bonchev–Trinajstić information content (AvgIpc) is 3.63. The topological polar surface area (TPSA) is 127 Å². The summed E-state index contributed by atoms with van der Waals surface area (Å²) in [6.45, 7) is 0.971. The largest absolute Gasteiger partial charge is 0.369 e. The number of rotatable bonds is 6. The van der Waals surface area contributed by atoms with Gasteiger partial charge in [-0.3, -0.25) is 4.79 Å². The molecule has 3 fully saturated rings. The molecule has 2 aliphatic carbocycles. The van der Waals surface area contributed by atoms with E-state index < -0.39 is 15.4 Å². The first-order chi connectivity index (χ1) is 19.8. The molecule has 2 aromatic carbocycles. The molecule has 8 nitrogen and oxygen atoms in total. The second-order valence-electron chi connectivity index (χ2n) is 11.3. The Hall–Kier alpha value is -3.73. The maximum atomic E-state index is 13.5. The summed E-state index contributed by atoms with van der Waals surface area (Å²) in [6, 6.07) is 20.0. The van der Waals surface area contributed by atoms with Crippen molar-refractivity contribution in [3.8, 4) is 33.2 Å². The van der Waals surface area contributed by atoms with Crippen LogP contribution in [-0.4, -0.2) is 49.4 Å². The van der Waals surface area contributed by atoms with Crippen LogP contribution in [0.25, 0.3) is 21.0 Å². The number of carbonyl (C=O) groups excluding carboxylic acids is 1. The molecular formula is C31H31N5O3S2. The molecule has 1 aromatic heterocycles. The zero-order valence-electron chi connectivity index (χ0n) is 22.7. The molecule has 2 atom stereocenters. The van der Waals surface area contributed by atoms with Gasteiger partial charge in [-0.25, -0.2) is 13.4 Å². The van der Waals surface area contributed by atoms with E-state index >= 15 is 0 Å². The monoisotopic (exact) mass is 585 g/mol. The molecule has 1 N–H and O–H groups in total. The van der Waals surface area contributed by atoms with Crippen molar-refractivity contribution in [2.75, 3.05) is 29.5 Å². The minimum atomic E-state index is -2.96. The van der Waals surface area contributed by atoms with Crippen LogP contribution in [0.1, 0.15) is 55.7 Å². The van der Waals surface area contributed by atoms with Gasteiger partial charge < -0.3 is 10.2 Å². The van der Waals surface area contributed by atoms with Gasteiger partial charge in [0.15, 0.2) is 9.84 Å². The fourth-order valence-electron chi connectivity index (χ4n) is 5.89. The summed E-state index contributed by atoms with van der Waals surface area (Å²) in [5, 5.41) is 22.7. The van der Waals surface area contributed by atoms with Crippen molar-refractivity contribution >= 4 is 32.8 Å². The Morgan fingerprint density at radius 3 is 2.27 bits per heavy atom. The van der Waals surface area contributed by atoms with Gasteiger partial charge in [0.25, 0.3) is 0 Å². The Labute approximate surface area is 244 Å². The fraction of sp³-hybridized carbons (Fsp3) is 0.419. The molecule has 2 unspecified atom stereocenters. The van der Waals surface area contributed by atoms with Gasteiger partial charge in [-0.1, -0.05) is 37.1 Å². The van der Waals surface area contributed by atoms with Crippen LogP contribution in [0.2, 0.25) is 0 Å². The van der Waals surface area contributed by atoms with Crippen molar-refractivity contribution < 1.29 is 13.2 Å². The number of nitriles is 2. The van der Waals surface area contributed by atoms with Gasteiger partial charge in [-0.05, 0) is 55.5 Å². The first-order valence-corrected chi connectivity index (χ1v) is 16.7. The van der Waals surface area contributed by atoms with Crippen molar-refractivity contribution in [3.63, 3.8) is 0 Å². The number of aromatic nitrogens is 1. The van der Waals surface area contributed by atoms with E-state index in [9.17, 15) is 23.7 Å². The van der Waals surface area contributed by atoms with E-state index in [1.807, 2.05) is 24.3 Å². The average molecular weight is 586 g/mol. The summed E-state index contributed by atoms with van der Waals surface area (Å²) in [5.41, 5.74) is 3.71. The maximum absolute atomic E-state index is 13.5. The Balaban J connectivity index is 1.35. The van der Waals surface area contributed by atoms with Crippen LogP contribution < -0.4 is 10.2 Å². The number of carbonyl (C=O) groups is 1. The summed E-state index contributed by atoms with van der Waals surface area (Å²) in [4.78, 5) is 21.8. The lowest BCUT2D eigenvalue weighted by Crippen LogP contribution is -2.42. The van der Waals surface area contributed by atoms with E-state index in [1.165, 1.54) is 0 Å². The smallest absolute Gasteiger partial charge is 0.225 e. The molecule has 1 saturated heterocycles. The molecule has 0 radical (unpaired) electrons. The van der Waals surface area contributed by atoms with Crippen molar-refractivity contribution in [3.05, 3.63) is 59.8 Å². The highest BCUT2D eigenvalue weighted by atomic mass is 32.2. The summed E-state index contributed by atoms with van der Waals surface area (Å²) < 4.78 is 23.8. The third-order valence-corrected chi connectivity index (χ3v) is 11.3. The van der Waals surface area contributed by atoms with E-state index in [1.54, 1.807) is 23.5 Å². The predicted molar refractivity (Wildman–Crippen MR) is 159 cm³/mol. The van der Waals surface area contributed by atoms with Gasteiger partial charge in [-0.2, -0.15) is 10.5 Å². The molecule has 2 saturated carbocycles. The number of nitrogens with zero attached hydrogens (tertiary/aromatic N) is 4. The summed E-state index contributed by atoms with van der Waals surface area (Å²) >= 11 is 1.59. The highest BCUT2D eigenvalue weighted by Gasteiger charge is 2.47. The van der Waals surface area contributed by atoms with Gasteiger partial charge in [0, 0.05) is 36.2 Å². The molecule has 6 rings (SSSR count). The third-order valence-electron chi connectivity index (χ3n) is 8.53. The number of nitrogens with one attached hydrogen (secondary N) is 1. The van der Waals surface area contributed by atoms with Crippen molar-refractivity contribution in [2.45, 2.75) is 50.0 Å². The van der Waals surface area contributed by atoms with Gasteiger partial charge in [0.1, 0.15) is 10.5 Å². The first-order valence-electron chi connectivity index (χ1n) is 14.1. The van der Waals surface area contributed by atoms with E-state index in [-0.39, 0.29) is 29.2 Å². The van der Waals surface area contributed by atoms with Crippen LogP contribution in [0.5, 0.6) is 0 Å². The van der Waals surface area contributed by atoms with Crippen LogP contribution in [0.3, 0.4) is 0 Å². The van der Waals surface area contributed by atoms with E-state index in [0.717, 1.165) is 58.1 Å². The number of amides is 1. The summed E-state index contributed by atoms with van der Waals surface area (Å²) in [6.07, 6.45) is 4.99. The lowest BCUT2D eigenvalue weighted by atomic mass is 9.76. The molecule has 10 heteroatoms. The minimum absolute atomic E-state index is 0.0528. The summed E-state index contributed by atoms with van der Waals surface area (Å²) in [7, 11) is -2.96. The van der Waals surface area contributed by atoms with Crippen LogP contribution in [-0.2, 0) is 14.6 Å². The molecule has 41 heavy (non-hydrogen) atoms. The first kappa shape index (κ1) is 27.4. The van der Waals surface area contributed by atoms with Gasteiger partial charge in [0.2, 0.25) is 5.91 Å². The number of sulfone groups is 1. The molecule has 3 aliphatic rings. The molecule has 3 aromatic rings. The Morgan fingerprint density at radius 2 is 1.63 bits per heavy atom. The van der Waals surface area contributed by atoms with E-state index in [2.05, 4.69) is 34.5 Å².